The summed E-state index contributed by atoms with van der Waals surface area (Å²) >= 11 is 0. The number of benzene rings is 2. The summed E-state index contributed by atoms with van der Waals surface area (Å²) in [4.78, 5) is 28.4. The lowest BCUT2D eigenvalue weighted by atomic mass is 10.1. The van der Waals surface area contributed by atoms with Crippen LogP contribution in [0.2, 0.25) is 0 Å². The topological polar surface area (TPSA) is 59.1 Å². The fraction of sp³-hybridized carbons (Fsp3) is 0.417. The van der Waals surface area contributed by atoms with E-state index in [9.17, 15) is 9.59 Å². The summed E-state index contributed by atoms with van der Waals surface area (Å²) in [5, 5.41) is 0. The Hall–Kier alpha value is -3.02. The first-order valence-electron chi connectivity index (χ1n) is 10.4. The summed E-state index contributed by atoms with van der Waals surface area (Å²) in [6, 6.07) is 13.9. The van der Waals surface area contributed by atoms with Gasteiger partial charge in [-0.15, -0.1) is 0 Å². The normalized spacial score (nSPS) is 13.8. The first kappa shape index (κ1) is 21.7. The van der Waals surface area contributed by atoms with Crippen molar-refractivity contribution in [1.29, 1.82) is 0 Å². The summed E-state index contributed by atoms with van der Waals surface area (Å²) in [6.07, 6.45) is 0.113. The first-order valence-corrected chi connectivity index (χ1v) is 10.4. The van der Waals surface area contributed by atoms with Crippen LogP contribution >= 0.6 is 0 Å². The van der Waals surface area contributed by atoms with E-state index in [0.717, 1.165) is 24.4 Å². The number of hydrogen-bond donors (Lipinski definition) is 0. The van der Waals surface area contributed by atoms with Crippen molar-refractivity contribution in [3.05, 3.63) is 59.2 Å². The van der Waals surface area contributed by atoms with Crippen LogP contribution in [-0.4, -0.2) is 56.2 Å². The zero-order valence-electron chi connectivity index (χ0n) is 18.0. The Morgan fingerprint density at radius 2 is 1.70 bits per heavy atom. The van der Waals surface area contributed by atoms with Crippen molar-refractivity contribution >= 4 is 17.6 Å². The molecule has 2 aromatic rings. The molecule has 1 fully saturated rings. The number of aryl methyl sites for hydroxylation is 2. The maximum absolute atomic E-state index is 12.4. The van der Waals surface area contributed by atoms with Gasteiger partial charge in [0.1, 0.15) is 5.75 Å². The molecular formula is C24H30N2O4. The number of hydrogen-bond acceptors (Lipinski definition) is 5. The van der Waals surface area contributed by atoms with Gasteiger partial charge in [-0.25, -0.2) is 0 Å². The third-order valence-corrected chi connectivity index (χ3v) is 5.47. The van der Waals surface area contributed by atoms with E-state index in [-0.39, 0.29) is 25.5 Å². The van der Waals surface area contributed by atoms with E-state index in [4.69, 9.17) is 9.47 Å². The van der Waals surface area contributed by atoms with E-state index in [0.29, 0.717) is 13.1 Å². The highest BCUT2D eigenvalue weighted by Gasteiger charge is 2.23. The molecule has 0 unspecified atom stereocenters. The number of ether oxygens (including phenoxy) is 2. The molecule has 30 heavy (non-hydrogen) atoms. The Labute approximate surface area is 178 Å². The number of esters is 1. The minimum absolute atomic E-state index is 0.113. The smallest absolute Gasteiger partial charge is 0.309 e. The molecule has 0 radical (unpaired) electrons. The summed E-state index contributed by atoms with van der Waals surface area (Å²) in [5.74, 6) is 0.147. The van der Waals surface area contributed by atoms with Gasteiger partial charge in [0.25, 0.3) is 5.91 Å². The molecule has 1 aliphatic rings. The van der Waals surface area contributed by atoms with Crippen LogP contribution in [0.25, 0.3) is 0 Å². The average Bonchev–Trinajstić information content (AvgIpc) is 2.74. The van der Waals surface area contributed by atoms with E-state index >= 15 is 0 Å². The fourth-order valence-corrected chi connectivity index (χ4v) is 3.54. The van der Waals surface area contributed by atoms with Crippen molar-refractivity contribution in [3.8, 4) is 5.75 Å². The van der Waals surface area contributed by atoms with Crippen molar-refractivity contribution in [1.82, 2.24) is 4.90 Å². The average molecular weight is 411 g/mol. The molecule has 2 aromatic carbocycles. The summed E-state index contributed by atoms with van der Waals surface area (Å²) < 4.78 is 10.7. The predicted molar refractivity (Wildman–Crippen MR) is 117 cm³/mol. The van der Waals surface area contributed by atoms with E-state index in [1.165, 1.54) is 16.8 Å². The van der Waals surface area contributed by atoms with Gasteiger partial charge < -0.3 is 19.3 Å². The summed E-state index contributed by atoms with van der Waals surface area (Å²) in [6.45, 7) is 9.03. The minimum atomic E-state index is -0.426. The van der Waals surface area contributed by atoms with Crippen molar-refractivity contribution in [2.24, 2.45) is 0 Å². The van der Waals surface area contributed by atoms with E-state index in [1.807, 2.05) is 31.2 Å². The molecule has 1 heterocycles. The predicted octanol–water partition coefficient (Wildman–Crippen LogP) is 3.27. The maximum atomic E-state index is 12.4. The van der Waals surface area contributed by atoms with Crippen LogP contribution in [0.15, 0.2) is 42.5 Å². The molecule has 0 bridgehead atoms. The minimum Gasteiger partial charge on any atom is -0.493 e. The Morgan fingerprint density at radius 3 is 2.43 bits per heavy atom. The highest BCUT2D eigenvalue weighted by Crippen LogP contribution is 2.23. The fourth-order valence-electron chi connectivity index (χ4n) is 3.54. The van der Waals surface area contributed by atoms with E-state index in [2.05, 4.69) is 36.9 Å². The zero-order chi connectivity index (χ0) is 21.5. The zero-order valence-corrected chi connectivity index (χ0v) is 18.0. The lowest BCUT2D eigenvalue weighted by Gasteiger charge is -2.37. The molecule has 0 atom stereocenters. The van der Waals surface area contributed by atoms with Gasteiger partial charge in [0.2, 0.25) is 0 Å². The second-order valence-electron chi connectivity index (χ2n) is 7.66. The highest BCUT2D eigenvalue weighted by atomic mass is 16.5. The number of amides is 1. The van der Waals surface area contributed by atoms with E-state index < -0.39 is 5.97 Å². The second kappa shape index (κ2) is 10.1. The third-order valence-electron chi connectivity index (χ3n) is 5.47. The van der Waals surface area contributed by atoms with Gasteiger partial charge in [-0.1, -0.05) is 24.3 Å². The van der Waals surface area contributed by atoms with Gasteiger partial charge in [0.15, 0.2) is 6.61 Å². The Kier molecular flexibility index (Phi) is 7.33. The quantitative estimate of drug-likeness (QED) is 0.656. The van der Waals surface area contributed by atoms with Gasteiger partial charge in [0, 0.05) is 31.9 Å². The number of carbonyl (C=O) groups excluding carboxylic acids is 2. The van der Waals surface area contributed by atoms with Crippen LogP contribution in [-0.2, 0) is 14.3 Å². The van der Waals surface area contributed by atoms with Gasteiger partial charge in [-0.2, -0.15) is 0 Å². The van der Waals surface area contributed by atoms with Crippen LogP contribution in [0, 0.1) is 20.8 Å². The second-order valence-corrected chi connectivity index (χ2v) is 7.66. The van der Waals surface area contributed by atoms with Crippen LogP contribution in [0.5, 0.6) is 5.75 Å². The molecule has 1 amide bonds. The maximum Gasteiger partial charge on any atom is 0.309 e. The molecular weight excluding hydrogens is 380 g/mol. The van der Waals surface area contributed by atoms with Crippen molar-refractivity contribution in [3.63, 3.8) is 0 Å². The largest absolute Gasteiger partial charge is 0.493 e. The van der Waals surface area contributed by atoms with Crippen LogP contribution in [0.1, 0.15) is 23.1 Å². The van der Waals surface area contributed by atoms with Crippen LogP contribution in [0.4, 0.5) is 5.69 Å². The number of piperazine rings is 1. The van der Waals surface area contributed by atoms with Gasteiger partial charge in [-0.3, -0.25) is 9.59 Å². The number of nitrogens with zero attached hydrogens (tertiary/aromatic N) is 2. The number of carbonyl (C=O) groups is 2. The van der Waals surface area contributed by atoms with Crippen LogP contribution < -0.4 is 9.64 Å². The molecule has 0 spiro atoms. The Bertz CT molecular complexity index is 889. The van der Waals surface area contributed by atoms with Gasteiger partial charge >= 0.3 is 5.97 Å². The first-order chi connectivity index (χ1) is 14.4. The van der Waals surface area contributed by atoms with Crippen molar-refractivity contribution in [2.75, 3.05) is 44.3 Å². The lowest BCUT2D eigenvalue weighted by Crippen LogP contribution is -2.50. The standard InChI is InChI=1S/C24H30N2O4/c1-18-6-4-8-21(16-18)29-15-10-24(28)30-17-23(27)26-13-11-25(12-14-26)22-9-5-7-19(2)20(22)3/h4-9,16H,10-15,17H2,1-3H3. The number of rotatable bonds is 7. The molecule has 1 saturated heterocycles. The molecule has 0 aromatic heterocycles. The Balaban J connectivity index is 1.37. The Morgan fingerprint density at radius 1 is 0.967 bits per heavy atom. The highest BCUT2D eigenvalue weighted by molar-refractivity contribution is 5.81. The molecule has 0 N–H and O–H groups in total. The molecule has 3 rings (SSSR count). The van der Waals surface area contributed by atoms with Crippen molar-refractivity contribution in [2.45, 2.75) is 27.2 Å². The van der Waals surface area contributed by atoms with Gasteiger partial charge in [-0.05, 0) is 55.7 Å². The van der Waals surface area contributed by atoms with E-state index in [1.54, 1.807) is 4.90 Å². The molecule has 0 saturated carbocycles. The third kappa shape index (κ3) is 5.75. The monoisotopic (exact) mass is 410 g/mol. The molecule has 160 valence electrons. The molecule has 1 aliphatic heterocycles. The summed E-state index contributed by atoms with van der Waals surface area (Å²) in [5.41, 5.74) is 4.86. The van der Waals surface area contributed by atoms with Crippen molar-refractivity contribution < 1.29 is 19.1 Å². The van der Waals surface area contributed by atoms with Gasteiger partial charge in [0.05, 0.1) is 13.0 Å². The number of anilines is 1. The molecule has 6 heteroatoms. The molecule has 0 aliphatic carbocycles. The van der Waals surface area contributed by atoms with Crippen LogP contribution in [0.3, 0.4) is 0 Å². The summed E-state index contributed by atoms with van der Waals surface area (Å²) in [7, 11) is 0. The molecule has 6 nitrogen and oxygen atoms in total. The SMILES string of the molecule is Cc1cccc(OCCC(=O)OCC(=O)N2CCN(c3cccc(C)c3C)CC2)c1. The lowest BCUT2D eigenvalue weighted by molar-refractivity contribution is -0.152.